The van der Waals surface area contributed by atoms with E-state index in [1.807, 2.05) is 6.92 Å². The van der Waals surface area contributed by atoms with Gasteiger partial charge in [0.1, 0.15) is 0 Å². The van der Waals surface area contributed by atoms with E-state index in [1.165, 1.54) is 16.9 Å². The molecule has 0 amide bonds. The number of aromatic nitrogens is 1. The second kappa shape index (κ2) is 12.6. The van der Waals surface area contributed by atoms with E-state index in [-0.39, 0.29) is 29.7 Å². The highest BCUT2D eigenvalue weighted by molar-refractivity contribution is 7.89. The van der Waals surface area contributed by atoms with Gasteiger partial charge in [0.15, 0.2) is 0 Å². The molecule has 0 saturated carbocycles. The van der Waals surface area contributed by atoms with Crippen molar-refractivity contribution < 1.29 is 8.42 Å². The van der Waals surface area contributed by atoms with Gasteiger partial charge >= 0.3 is 0 Å². The fourth-order valence-corrected chi connectivity index (χ4v) is 4.93. The molecule has 1 aromatic heterocycles. The molecule has 0 aliphatic carbocycles. The van der Waals surface area contributed by atoms with Crippen molar-refractivity contribution in [2.45, 2.75) is 31.2 Å². The molecule has 0 radical (unpaired) electrons. The quantitative estimate of drug-likeness (QED) is 0.378. The zero-order valence-corrected chi connectivity index (χ0v) is 20.0. The monoisotopic (exact) mass is 490 g/mol. The summed E-state index contributed by atoms with van der Waals surface area (Å²) in [6.45, 7) is 4.26. The number of hydrogen-bond acceptors (Lipinski definition) is 6. The van der Waals surface area contributed by atoms with Crippen LogP contribution >= 0.6 is 36.2 Å². The standard InChI is InChI=1S/C20H26N4O2S2.2ClH/c1-15-24-19-9-8-18(13-20(19)27-15)28(25,26)23-12-11-22-10-2-3-16-4-6-17(14-21)7-5-16;;/h4-9,13,22-23H,2-3,10-12,14,21H2,1H3;2*1H. The Labute approximate surface area is 194 Å². The molecule has 0 aliphatic rings. The highest BCUT2D eigenvalue weighted by Gasteiger charge is 2.14. The van der Waals surface area contributed by atoms with Crippen molar-refractivity contribution in [2.24, 2.45) is 5.73 Å². The third-order valence-corrected chi connectivity index (χ3v) is 6.84. The Balaban J connectivity index is 0.00000225. The van der Waals surface area contributed by atoms with Gasteiger partial charge in [-0.15, -0.1) is 36.2 Å². The minimum Gasteiger partial charge on any atom is -0.326 e. The van der Waals surface area contributed by atoms with Gasteiger partial charge in [-0.3, -0.25) is 0 Å². The Bertz CT molecular complexity index is 1020. The molecule has 166 valence electrons. The van der Waals surface area contributed by atoms with Crippen LogP contribution in [0.15, 0.2) is 47.4 Å². The SMILES string of the molecule is Cc1nc2ccc(S(=O)(=O)NCCNCCCc3ccc(CN)cc3)cc2s1.Cl.Cl. The maximum absolute atomic E-state index is 12.4. The second-order valence-electron chi connectivity index (χ2n) is 6.63. The molecular weight excluding hydrogens is 463 g/mol. The number of nitrogens with zero attached hydrogens (tertiary/aromatic N) is 1. The van der Waals surface area contributed by atoms with Crippen LogP contribution in [-0.4, -0.2) is 33.0 Å². The molecule has 3 rings (SSSR count). The summed E-state index contributed by atoms with van der Waals surface area (Å²) >= 11 is 1.50. The summed E-state index contributed by atoms with van der Waals surface area (Å²) in [5.74, 6) is 0. The first-order chi connectivity index (χ1) is 13.5. The number of thiazole rings is 1. The number of halogens is 2. The average Bonchev–Trinajstić information content (AvgIpc) is 3.07. The Morgan fingerprint density at radius 1 is 1.00 bits per heavy atom. The van der Waals surface area contributed by atoms with Crippen molar-refractivity contribution in [3.8, 4) is 0 Å². The van der Waals surface area contributed by atoms with Gasteiger partial charge in [-0.2, -0.15) is 0 Å². The predicted octanol–water partition coefficient (Wildman–Crippen LogP) is 3.41. The Morgan fingerprint density at radius 2 is 1.70 bits per heavy atom. The first-order valence-electron chi connectivity index (χ1n) is 9.33. The highest BCUT2D eigenvalue weighted by Crippen LogP contribution is 2.24. The van der Waals surface area contributed by atoms with Crippen LogP contribution in [0.1, 0.15) is 22.6 Å². The van der Waals surface area contributed by atoms with Crippen molar-refractivity contribution >= 4 is 56.4 Å². The summed E-state index contributed by atoms with van der Waals surface area (Å²) in [5, 5.41) is 4.21. The van der Waals surface area contributed by atoms with E-state index in [2.05, 4.69) is 39.3 Å². The molecule has 3 aromatic rings. The number of benzene rings is 2. The molecule has 0 spiro atoms. The predicted molar refractivity (Wildman–Crippen MR) is 130 cm³/mol. The van der Waals surface area contributed by atoms with E-state index >= 15 is 0 Å². The second-order valence-corrected chi connectivity index (χ2v) is 9.64. The number of nitrogens with one attached hydrogen (secondary N) is 2. The number of nitrogens with two attached hydrogens (primary N) is 1. The summed E-state index contributed by atoms with van der Waals surface area (Å²) in [4.78, 5) is 4.64. The van der Waals surface area contributed by atoms with Crippen molar-refractivity contribution in [3.05, 3.63) is 58.6 Å². The summed E-state index contributed by atoms with van der Waals surface area (Å²) in [6, 6.07) is 13.4. The molecule has 1 heterocycles. The lowest BCUT2D eigenvalue weighted by Gasteiger charge is -2.08. The van der Waals surface area contributed by atoms with Gasteiger partial charge in [0.2, 0.25) is 10.0 Å². The number of aryl methyl sites for hydroxylation is 2. The summed E-state index contributed by atoms with van der Waals surface area (Å²) in [6.07, 6.45) is 1.98. The van der Waals surface area contributed by atoms with Gasteiger partial charge in [0, 0.05) is 19.6 Å². The third-order valence-electron chi connectivity index (χ3n) is 4.45. The molecule has 0 atom stereocenters. The molecular formula is C20H28Cl2N4O2S2. The smallest absolute Gasteiger partial charge is 0.240 e. The molecule has 0 unspecified atom stereocenters. The molecule has 0 fully saturated rings. The van der Waals surface area contributed by atoms with E-state index in [9.17, 15) is 8.42 Å². The van der Waals surface area contributed by atoms with E-state index < -0.39 is 10.0 Å². The molecule has 4 N–H and O–H groups in total. The van der Waals surface area contributed by atoms with Crippen LogP contribution in [0.2, 0.25) is 0 Å². The topological polar surface area (TPSA) is 97.1 Å². The first kappa shape index (κ1) is 26.8. The molecule has 0 aliphatic heterocycles. The molecule has 2 aromatic carbocycles. The molecule has 0 saturated heterocycles. The van der Waals surface area contributed by atoms with E-state index in [0.717, 1.165) is 40.2 Å². The normalized spacial score (nSPS) is 11.1. The van der Waals surface area contributed by atoms with Crippen LogP contribution in [0.3, 0.4) is 0 Å². The van der Waals surface area contributed by atoms with Gasteiger partial charge in [0.05, 0.1) is 20.1 Å². The minimum absolute atomic E-state index is 0. The summed E-state index contributed by atoms with van der Waals surface area (Å²) in [5.41, 5.74) is 8.86. The van der Waals surface area contributed by atoms with Crippen LogP contribution in [0.4, 0.5) is 0 Å². The highest BCUT2D eigenvalue weighted by atomic mass is 35.5. The van der Waals surface area contributed by atoms with Crippen LogP contribution in [0, 0.1) is 6.92 Å². The first-order valence-corrected chi connectivity index (χ1v) is 11.6. The maximum atomic E-state index is 12.4. The fourth-order valence-electron chi connectivity index (χ4n) is 2.93. The lowest BCUT2D eigenvalue weighted by molar-refractivity contribution is 0.574. The Hall–Kier alpha value is -1.26. The molecule has 6 nitrogen and oxygen atoms in total. The Morgan fingerprint density at radius 3 is 2.40 bits per heavy atom. The van der Waals surface area contributed by atoms with E-state index in [1.54, 1.807) is 18.2 Å². The average molecular weight is 492 g/mol. The minimum atomic E-state index is -3.51. The summed E-state index contributed by atoms with van der Waals surface area (Å²) < 4.78 is 28.4. The zero-order valence-electron chi connectivity index (χ0n) is 16.8. The maximum Gasteiger partial charge on any atom is 0.240 e. The van der Waals surface area contributed by atoms with Gasteiger partial charge in [-0.25, -0.2) is 18.1 Å². The molecule has 30 heavy (non-hydrogen) atoms. The molecule has 10 heteroatoms. The van der Waals surface area contributed by atoms with Gasteiger partial charge in [-0.05, 0) is 55.6 Å². The summed E-state index contributed by atoms with van der Waals surface area (Å²) in [7, 11) is -3.51. The third kappa shape index (κ3) is 7.46. The van der Waals surface area contributed by atoms with Crippen LogP contribution in [0.5, 0.6) is 0 Å². The van der Waals surface area contributed by atoms with Gasteiger partial charge in [-0.1, -0.05) is 24.3 Å². The van der Waals surface area contributed by atoms with Crippen LogP contribution in [-0.2, 0) is 23.0 Å². The molecule has 0 bridgehead atoms. The lowest BCUT2D eigenvalue weighted by Crippen LogP contribution is -2.32. The van der Waals surface area contributed by atoms with Gasteiger partial charge in [0.25, 0.3) is 0 Å². The van der Waals surface area contributed by atoms with Crippen molar-refractivity contribution in [1.29, 1.82) is 0 Å². The Kier molecular flexibility index (Phi) is 11.2. The number of hydrogen-bond donors (Lipinski definition) is 3. The van der Waals surface area contributed by atoms with Crippen LogP contribution in [0.25, 0.3) is 10.2 Å². The van der Waals surface area contributed by atoms with Crippen LogP contribution < -0.4 is 15.8 Å². The lowest BCUT2D eigenvalue weighted by atomic mass is 10.1. The largest absolute Gasteiger partial charge is 0.326 e. The van der Waals surface area contributed by atoms with Crippen molar-refractivity contribution in [2.75, 3.05) is 19.6 Å². The van der Waals surface area contributed by atoms with Gasteiger partial charge < -0.3 is 11.1 Å². The van der Waals surface area contributed by atoms with Crippen molar-refractivity contribution in [1.82, 2.24) is 15.0 Å². The zero-order chi connectivity index (χ0) is 20.0. The van der Waals surface area contributed by atoms with E-state index in [0.29, 0.717) is 19.6 Å². The number of rotatable bonds is 10. The van der Waals surface area contributed by atoms with E-state index in [4.69, 9.17) is 5.73 Å². The fraction of sp³-hybridized carbons (Fsp3) is 0.350. The number of sulfonamides is 1. The van der Waals surface area contributed by atoms with Crippen molar-refractivity contribution in [3.63, 3.8) is 0 Å². The number of fused-ring (bicyclic) bond motifs is 1.